The monoisotopic (exact) mass is 1140 g/mol. The smallest absolute Gasteiger partial charge is 0.337 e. The van der Waals surface area contributed by atoms with Crippen LogP contribution in [0.2, 0.25) is 0 Å². The highest BCUT2D eigenvalue weighted by Crippen LogP contribution is 2.39. The first-order valence-corrected chi connectivity index (χ1v) is 26.7. The van der Waals surface area contributed by atoms with Gasteiger partial charge in [0.25, 0.3) is 11.8 Å². The van der Waals surface area contributed by atoms with E-state index in [-0.39, 0.29) is 69.5 Å². The zero-order valence-corrected chi connectivity index (χ0v) is 47.3. The number of anilines is 6. The molecule has 438 valence electrons. The summed E-state index contributed by atoms with van der Waals surface area (Å²) in [6.07, 6.45) is 0. The number of benzene rings is 7. The second kappa shape index (κ2) is 29.1. The lowest BCUT2D eigenvalue weighted by Crippen LogP contribution is -2.39. The van der Waals surface area contributed by atoms with Gasteiger partial charge in [0.05, 0.1) is 93.1 Å². The number of nitrogens with two attached hydrogens (primary N) is 3. The number of hydrogen-bond acceptors (Lipinski definition) is 16. The molecule has 0 aliphatic heterocycles. The van der Waals surface area contributed by atoms with Crippen LogP contribution in [0, 0.1) is 6.92 Å². The summed E-state index contributed by atoms with van der Waals surface area (Å²) in [5, 5.41) is 28.0. The Morgan fingerprint density at radius 3 is 1.82 bits per heavy atom. The van der Waals surface area contributed by atoms with E-state index in [9.17, 15) is 33.9 Å². The van der Waals surface area contributed by atoms with E-state index in [1.807, 2.05) is 97.9 Å². The third kappa shape index (κ3) is 16.6. The van der Waals surface area contributed by atoms with E-state index < -0.39 is 29.5 Å². The Hall–Kier alpha value is -9.96. The van der Waals surface area contributed by atoms with E-state index in [4.69, 9.17) is 40.9 Å². The number of para-hydroxylation sites is 1. The molecule has 7 aromatic carbocycles. The number of hydrogen-bond donors (Lipinski definition) is 10. The first kappa shape index (κ1) is 61.7. The Balaban J connectivity index is 0.940. The van der Waals surface area contributed by atoms with Crippen LogP contribution in [0.15, 0.2) is 140 Å². The SMILES string of the molecule is COc1cc(-c2ccc(Nc3ccccc3C(=O)NCCOCCOCC(=O)NCC(=O)CNC(=O)CN)c(OC)c2)ccc1Nc1cc(-c2cccc(Oc3ccc(C(C)(C)CNc4ccc(C(N)=O)c(N)c4C)cc3)c2)ccc1C(=O)O. The van der Waals surface area contributed by atoms with Gasteiger partial charge in [0, 0.05) is 29.9 Å². The van der Waals surface area contributed by atoms with Crippen molar-refractivity contribution in [3.63, 3.8) is 0 Å². The number of ether oxygens (including phenoxy) is 5. The molecule has 0 bridgehead atoms. The van der Waals surface area contributed by atoms with E-state index in [0.29, 0.717) is 69.1 Å². The molecular formula is C63H69N9O12. The summed E-state index contributed by atoms with van der Waals surface area (Å²) in [5.74, 6) is -1.24. The number of nitrogen functional groups attached to an aromatic ring is 1. The third-order valence-electron chi connectivity index (χ3n) is 13.5. The van der Waals surface area contributed by atoms with Crippen LogP contribution in [0.25, 0.3) is 22.3 Å². The van der Waals surface area contributed by atoms with Crippen LogP contribution in [0.4, 0.5) is 34.1 Å². The van der Waals surface area contributed by atoms with Crippen LogP contribution < -0.4 is 63.3 Å². The molecule has 0 radical (unpaired) electrons. The van der Waals surface area contributed by atoms with Crippen molar-refractivity contribution in [2.75, 3.05) is 95.1 Å². The second-order valence-corrected chi connectivity index (χ2v) is 19.9. The predicted molar refractivity (Wildman–Crippen MR) is 323 cm³/mol. The molecule has 84 heavy (non-hydrogen) atoms. The molecule has 13 N–H and O–H groups in total. The van der Waals surface area contributed by atoms with Gasteiger partial charge in [-0.15, -0.1) is 0 Å². The van der Waals surface area contributed by atoms with E-state index in [2.05, 4.69) is 45.7 Å². The lowest BCUT2D eigenvalue weighted by Gasteiger charge is -2.27. The lowest BCUT2D eigenvalue weighted by molar-refractivity contribution is -0.129. The Labute approximate surface area is 486 Å². The van der Waals surface area contributed by atoms with Crippen LogP contribution in [0.3, 0.4) is 0 Å². The zero-order chi connectivity index (χ0) is 60.3. The van der Waals surface area contributed by atoms with Gasteiger partial charge in [-0.2, -0.15) is 0 Å². The summed E-state index contributed by atoms with van der Waals surface area (Å²) in [4.78, 5) is 72.6. The summed E-state index contributed by atoms with van der Waals surface area (Å²) in [7, 11) is 3.08. The largest absolute Gasteiger partial charge is 0.495 e. The topological polar surface area (TPSA) is 319 Å². The van der Waals surface area contributed by atoms with Gasteiger partial charge in [0.15, 0.2) is 5.78 Å². The van der Waals surface area contributed by atoms with Crippen molar-refractivity contribution in [1.29, 1.82) is 0 Å². The first-order valence-electron chi connectivity index (χ1n) is 26.7. The van der Waals surface area contributed by atoms with E-state index in [1.165, 1.54) is 7.11 Å². The summed E-state index contributed by atoms with van der Waals surface area (Å²) < 4.78 is 28.8. The number of amides is 4. The van der Waals surface area contributed by atoms with Crippen LogP contribution in [-0.2, 0) is 29.3 Å². The van der Waals surface area contributed by atoms with Gasteiger partial charge in [-0.1, -0.05) is 68.4 Å². The van der Waals surface area contributed by atoms with Gasteiger partial charge >= 0.3 is 5.97 Å². The van der Waals surface area contributed by atoms with Crippen molar-refractivity contribution in [2.24, 2.45) is 11.5 Å². The highest BCUT2D eigenvalue weighted by Gasteiger charge is 2.23. The number of aromatic carboxylic acids is 1. The van der Waals surface area contributed by atoms with Gasteiger partial charge in [0.1, 0.15) is 29.6 Å². The zero-order valence-electron chi connectivity index (χ0n) is 47.3. The minimum atomic E-state index is -1.11. The van der Waals surface area contributed by atoms with E-state index >= 15 is 0 Å². The van der Waals surface area contributed by atoms with Gasteiger partial charge in [-0.3, -0.25) is 24.0 Å². The maximum absolute atomic E-state index is 13.3. The number of nitrogens with one attached hydrogen (secondary N) is 6. The highest BCUT2D eigenvalue weighted by atomic mass is 16.5. The fourth-order valence-electron chi connectivity index (χ4n) is 8.74. The minimum absolute atomic E-state index is 0.0544. The second-order valence-electron chi connectivity index (χ2n) is 19.9. The number of carboxylic acid groups (broad SMARTS) is 1. The summed E-state index contributed by atoms with van der Waals surface area (Å²) >= 11 is 0. The molecular weight excluding hydrogens is 1070 g/mol. The summed E-state index contributed by atoms with van der Waals surface area (Å²) in [5.41, 5.74) is 25.4. The average Bonchev–Trinajstić information content (AvgIpc) is 3.69. The Kier molecular flexibility index (Phi) is 21.4. The fourth-order valence-corrected chi connectivity index (χ4v) is 8.74. The Morgan fingerprint density at radius 2 is 1.17 bits per heavy atom. The fraction of sp³-hybridized carbons (Fsp3) is 0.238. The van der Waals surface area contributed by atoms with Gasteiger partial charge in [-0.05, 0) is 125 Å². The number of Topliss-reactive ketones (excluding diaryl/α,β-unsaturated/α-hetero) is 1. The molecule has 7 aromatic rings. The van der Waals surface area contributed by atoms with Crippen molar-refractivity contribution in [1.82, 2.24) is 16.0 Å². The molecule has 21 nitrogen and oxygen atoms in total. The van der Waals surface area contributed by atoms with Gasteiger partial charge in [0.2, 0.25) is 11.8 Å². The molecule has 0 saturated heterocycles. The van der Waals surface area contributed by atoms with Crippen molar-refractivity contribution in [3.8, 4) is 45.3 Å². The van der Waals surface area contributed by atoms with Crippen molar-refractivity contribution >= 4 is 69.5 Å². The number of carboxylic acids is 1. The average molecular weight is 1140 g/mol. The molecule has 0 fully saturated rings. The number of carbonyl (C=O) groups excluding carboxylic acids is 5. The number of ketones is 1. The van der Waals surface area contributed by atoms with Crippen molar-refractivity contribution < 1.29 is 57.6 Å². The molecule has 0 aliphatic carbocycles. The molecule has 7 rings (SSSR count). The minimum Gasteiger partial charge on any atom is -0.495 e. The number of methoxy groups -OCH3 is 2. The molecule has 0 spiro atoms. The molecule has 0 aromatic heterocycles. The van der Waals surface area contributed by atoms with Crippen LogP contribution >= 0.6 is 0 Å². The predicted octanol–water partition coefficient (Wildman–Crippen LogP) is 7.92. The number of rotatable bonds is 30. The highest BCUT2D eigenvalue weighted by molar-refractivity contribution is 6.01. The van der Waals surface area contributed by atoms with Crippen LogP contribution in [-0.4, -0.2) is 114 Å². The maximum atomic E-state index is 13.3. The van der Waals surface area contributed by atoms with E-state index in [1.54, 1.807) is 55.6 Å². The lowest BCUT2D eigenvalue weighted by atomic mass is 9.84. The van der Waals surface area contributed by atoms with Crippen LogP contribution in [0.1, 0.15) is 56.0 Å². The van der Waals surface area contributed by atoms with Crippen molar-refractivity contribution in [2.45, 2.75) is 26.2 Å². The third-order valence-corrected chi connectivity index (χ3v) is 13.5. The van der Waals surface area contributed by atoms with E-state index in [0.717, 1.165) is 39.1 Å². The quantitative estimate of drug-likeness (QED) is 0.0151. The molecule has 0 heterocycles. The number of carbonyl (C=O) groups is 6. The molecule has 4 amide bonds. The molecule has 21 heteroatoms. The van der Waals surface area contributed by atoms with Crippen LogP contribution in [0.5, 0.6) is 23.0 Å². The van der Waals surface area contributed by atoms with Gasteiger partial charge < -0.3 is 77.9 Å². The molecule has 0 atom stereocenters. The Morgan fingerprint density at radius 1 is 0.571 bits per heavy atom. The molecule has 0 unspecified atom stereocenters. The van der Waals surface area contributed by atoms with Crippen molar-refractivity contribution in [3.05, 3.63) is 167 Å². The standard InChI is InChI=1S/C63H69N9O12/c1-38-50(24-21-49(59(38)65)60(66)76)70-37-63(2,3)43-16-18-45(19-17-43)84-46-10-8-9-39(29-46)40-13-20-48(62(78)79)54(30-40)72-53-23-15-42(32-56(53)81-5)41-14-22-52(55(31-41)80-4)71-51-12-7-6-11-47(51)61(77)67-25-26-82-27-28-83-36-58(75)69-35-44(73)34-68-57(74)33-64/h6-24,29-32,70-72H,25-28,33-37,64-65H2,1-5H3,(H2,66,76)(H,67,77)(H,68,74)(H,69,75)(H,78,79). The maximum Gasteiger partial charge on any atom is 0.337 e. The number of primary amides is 1. The summed E-state index contributed by atoms with van der Waals surface area (Å²) in [6, 6.07) is 42.1. The molecule has 0 saturated carbocycles. The molecule has 0 aliphatic rings. The Bertz CT molecular complexity index is 3520. The van der Waals surface area contributed by atoms with Gasteiger partial charge in [-0.25, -0.2) is 4.79 Å². The normalized spacial score (nSPS) is 11.0. The first-order chi connectivity index (χ1) is 40.4. The summed E-state index contributed by atoms with van der Waals surface area (Å²) in [6.45, 7) is 6.28.